The molecule has 1 saturated heterocycles. The van der Waals surface area contributed by atoms with E-state index in [2.05, 4.69) is 30.9 Å². The third-order valence-electron chi connectivity index (χ3n) is 4.46. The van der Waals surface area contributed by atoms with Crippen molar-refractivity contribution in [1.29, 1.82) is 0 Å². The molecular formula is C14H27NS. The monoisotopic (exact) mass is 241 g/mol. The topological polar surface area (TPSA) is 12.0 Å². The first-order valence-corrected chi connectivity index (χ1v) is 8.23. The lowest BCUT2D eigenvalue weighted by Crippen LogP contribution is -2.45. The molecule has 2 heteroatoms. The van der Waals surface area contributed by atoms with Crippen LogP contribution in [0.15, 0.2) is 0 Å². The molecule has 3 atom stereocenters. The Kier molecular flexibility index (Phi) is 5.02. The summed E-state index contributed by atoms with van der Waals surface area (Å²) < 4.78 is 0. The molecule has 94 valence electrons. The van der Waals surface area contributed by atoms with Gasteiger partial charge >= 0.3 is 0 Å². The smallest absolute Gasteiger partial charge is 0.0194 e. The maximum atomic E-state index is 3.96. The molecule has 0 aromatic heterocycles. The molecule has 3 unspecified atom stereocenters. The summed E-state index contributed by atoms with van der Waals surface area (Å²) in [6.45, 7) is 4.75. The lowest BCUT2D eigenvalue weighted by molar-refractivity contribution is 0.245. The summed E-state index contributed by atoms with van der Waals surface area (Å²) >= 11 is 2.14. The van der Waals surface area contributed by atoms with Crippen LogP contribution in [0.4, 0.5) is 0 Å². The fourth-order valence-electron chi connectivity index (χ4n) is 3.35. The molecule has 0 radical (unpaired) electrons. The van der Waals surface area contributed by atoms with Crippen LogP contribution in [0.25, 0.3) is 0 Å². The summed E-state index contributed by atoms with van der Waals surface area (Å²) in [5.74, 6) is 2.33. The Bertz CT molecular complexity index is 201. The summed E-state index contributed by atoms with van der Waals surface area (Å²) in [6, 6.07) is 1.59. The van der Waals surface area contributed by atoms with Gasteiger partial charge in [-0.15, -0.1) is 0 Å². The molecule has 0 aromatic carbocycles. The number of hydrogen-bond acceptors (Lipinski definition) is 2. The Labute approximate surface area is 105 Å². The zero-order chi connectivity index (χ0) is 11.4. The van der Waals surface area contributed by atoms with Crippen molar-refractivity contribution >= 4 is 11.8 Å². The maximum Gasteiger partial charge on any atom is 0.0194 e. The lowest BCUT2D eigenvalue weighted by atomic mass is 9.82. The van der Waals surface area contributed by atoms with E-state index in [1.165, 1.54) is 50.7 Å². The van der Waals surface area contributed by atoms with Crippen LogP contribution < -0.4 is 5.32 Å². The zero-order valence-corrected chi connectivity index (χ0v) is 11.7. The lowest BCUT2D eigenvalue weighted by Gasteiger charge is -2.33. The fraction of sp³-hybridized carbons (Fsp3) is 1.00. The summed E-state index contributed by atoms with van der Waals surface area (Å²) in [4.78, 5) is 0. The molecule has 0 bridgehead atoms. The number of rotatable bonds is 4. The maximum absolute atomic E-state index is 3.96. The van der Waals surface area contributed by atoms with E-state index in [1.54, 1.807) is 0 Å². The summed E-state index contributed by atoms with van der Waals surface area (Å²) in [5.41, 5.74) is 0. The fourth-order valence-corrected chi connectivity index (χ4v) is 4.56. The van der Waals surface area contributed by atoms with E-state index in [9.17, 15) is 0 Å². The summed E-state index contributed by atoms with van der Waals surface area (Å²) in [6.07, 6.45) is 10.1. The predicted molar refractivity (Wildman–Crippen MR) is 74.1 cm³/mol. The Morgan fingerprint density at radius 3 is 2.50 bits per heavy atom. The first kappa shape index (κ1) is 12.8. The molecule has 1 N–H and O–H groups in total. The van der Waals surface area contributed by atoms with Crippen molar-refractivity contribution < 1.29 is 0 Å². The molecule has 1 aliphatic heterocycles. The molecule has 1 aliphatic carbocycles. The zero-order valence-electron chi connectivity index (χ0n) is 10.9. The van der Waals surface area contributed by atoms with Gasteiger partial charge in [0, 0.05) is 17.3 Å². The average Bonchev–Trinajstić information content (AvgIpc) is 2.73. The van der Waals surface area contributed by atoms with Crippen molar-refractivity contribution in [2.75, 3.05) is 5.75 Å². The normalized spacial score (nSPS) is 34.1. The van der Waals surface area contributed by atoms with Crippen molar-refractivity contribution in [1.82, 2.24) is 5.32 Å². The van der Waals surface area contributed by atoms with Crippen molar-refractivity contribution in [3.05, 3.63) is 0 Å². The van der Waals surface area contributed by atoms with Gasteiger partial charge in [0.15, 0.2) is 0 Å². The second kappa shape index (κ2) is 6.30. The van der Waals surface area contributed by atoms with Crippen molar-refractivity contribution in [2.24, 2.45) is 5.92 Å². The van der Waals surface area contributed by atoms with Gasteiger partial charge in [0.05, 0.1) is 0 Å². The van der Waals surface area contributed by atoms with E-state index < -0.39 is 0 Å². The Morgan fingerprint density at radius 2 is 1.94 bits per heavy atom. The van der Waals surface area contributed by atoms with Crippen LogP contribution in [-0.4, -0.2) is 23.1 Å². The minimum atomic E-state index is 0.789. The molecule has 2 aliphatic rings. The van der Waals surface area contributed by atoms with Gasteiger partial charge < -0.3 is 5.32 Å². The standard InChI is InChI=1S/C14H27NS/c1-3-13(12-7-5-4-6-8-12)15-14-9-10-16-11(14)2/h11-15H,3-10H2,1-2H3. The molecule has 16 heavy (non-hydrogen) atoms. The quantitative estimate of drug-likeness (QED) is 0.803. The Hall–Kier alpha value is 0.310. The van der Waals surface area contributed by atoms with Gasteiger partial charge in [-0.3, -0.25) is 0 Å². The van der Waals surface area contributed by atoms with E-state index in [-0.39, 0.29) is 0 Å². The number of nitrogens with one attached hydrogen (secondary N) is 1. The van der Waals surface area contributed by atoms with Crippen LogP contribution in [0.2, 0.25) is 0 Å². The predicted octanol–water partition coefficient (Wildman–Crippen LogP) is 3.83. The molecule has 0 aromatic rings. The van der Waals surface area contributed by atoms with Gasteiger partial charge in [0.2, 0.25) is 0 Å². The van der Waals surface area contributed by atoms with Crippen molar-refractivity contribution in [3.8, 4) is 0 Å². The molecule has 1 heterocycles. The summed E-state index contributed by atoms with van der Waals surface area (Å²) in [5, 5.41) is 4.80. The molecular weight excluding hydrogens is 214 g/mol. The Balaban J connectivity index is 1.83. The van der Waals surface area contributed by atoms with E-state index in [0.29, 0.717) is 0 Å². The first-order valence-electron chi connectivity index (χ1n) is 7.19. The van der Waals surface area contributed by atoms with E-state index in [0.717, 1.165) is 23.3 Å². The van der Waals surface area contributed by atoms with Gasteiger partial charge in [0.1, 0.15) is 0 Å². The average molecular weight is 241 g/mol. The van der Waals surface area contributed by atoms with E-state index in [4.69, 9.17) is 0 Å². The SMILES string of the molecule is CCC(NC1CCSC1C)C1CCCCC1. The van der Waals surface area contributed by atoms with E-state index >= 15 is 0 Å². The third-order valence-corrected chi connectivity index (χ3v) is 5.79. The highest BCUT2D eigenvalue weighted by atomic mass is 32.2. The van der Waals surface area contributed by atoms with Crippen molar-refractivity contribution in [3.63, 3.8) is 0 Å². The van der Waals surface area contributed by atoms with Crippen LogP contribution in [0, 0.1) is 5.92 Å². The van der Waals surface area contributed by atoms with Gasteiger partial charge in [-0.25, -0.2) is 0 Å². The van der Waals surface area contributed by atoms with E-state index in [1.807, 2.05) is 0 Å². The molecule has 0 amide bonds. The minimum Gasteiger partial charge on any atom is -0.310 e. The number of hydrogen-bond donors (Lipinski definition) is 1. The highest BCUT2D eigenvalue weighted by molar-refractivity contribution is 8.00. The largest absolute Gasteiger partial charge is 0.310 e. The minimum absolute atomic E-state index is 0.789. The second-order valence-corrected chi connectivity index (χ2v) is 7.04. The Morgan fingerprint density at radius 1 is 1.19 bits per heavy atom. The highest BCUT2D eigenvalue weighted by Crippen LogP contribution is 2.31. The number of thioether (sulfide) groups is 1. The molecule has 2 fully saturated rings. The third kappa shape index (κ3) is 3.16. The van der Waals surface area contributed by atoms with Gasteiger partial charge in [-0.05, 0) is 37.4 Å². The molecule has 2 rings (SSSR count). The van der Waals surface area contributed by atoms with Crippen LogP contribution >= 0.6 is 11.8 Å². The molecule has 0 spiro atoms. The van der Waals surface area contributed by atoms with Crippen LogP contribution in [-0.2, 0) is 0 Å². The summed E-state index contributed by atoms with van der Waals surface area (Å²) in [7, 11) is 0. The molecule has 1 nitrogen and oxygen atoms in total. The van der Waals surface area contributed by atoms with Crippen LogP contribution in [0.1, 0.15) is 58.8 Å². The van der Waals surface area contributed by atoms with Crippen LogP contribution in [0.5, 0.6) is 0 Å². The molecule has 1 saturated carbocycles. The van der Waals surface area contributed by atoms with Gasteiger partial charge in [-0.2, -0.15) is 11.8 Å². The van der Waals surface area contributed by atoms with Gasteiger partial charge in [-0.1, -0.05) is 33.1 Å². The van der Waals surface area contributed by atoms with Crippen molar-refractivity contribution in [2.45, 2.75) is 76.1 Å². The van der Waals surface area contributed by atoms with Crippen LogP contribution in [0.3, 0.4) is 0 Å². The second-order valence-electron chi connectivity index (χ2n) is 5.55. The van der Waals surface area contributed by atoms with Gasteiger partial charge in [0.25, 0.3) is 0 Å². The highest BCUT2D eigenvalue weighted by Gasteiger charge is 2.29. The first-order chi connectivity index (χ1) is 7.81.